The summed E-state index contributed by atoms with van der Waals surface area (Å²) in [6.45, 7) is 4.42. The summed E-state index contributed by atoms with van der Waals surface area (Å²) >= 11 is 1.79. The number of thioether (sulfide) groups is 1. The zero-order valence-corrected chi connectivity index (χ0v) is 12.5. The molecule has 104 valence electrons. The van der Waals surface area contributed by atoms with Gasteiger partial charge in [0, 0.05) is 16.2 Å². The molecule has 19 heavy (non-hydrogen) atoms. The first-order valence-corrected chi connectivity index (χ1v) is 7.70. The summed E-state index contributed by atoms with van der Waals surface area (Å²) in [5, 5.41) is 0.326. The molecule has 2 nitrogen and oxygen atoms in total. The number of esters is 1. The van der Waals surface area contributed by atoms with E-state index in [0.717, 1.165) is 12.8 Å². The van der Waals surface area contributed by atoms with Crippen LogP contribution in [0.3, 0.4) is 0 Å². The Hall–Kier alpha value is -1.22. The van der Waals surface area contributed by atoms with Gasteiger partial charge in [-0.3, -0.25) is 0 Å². The molecule has 0 aromatic heterocycles. The van der Waals surface area contributed by atoms with Gasteiger partial charge in [0.05, 0.1) is 6.61 Å². The number of rotatable bonds is 8. The first kappa shape index (κ1) is 15.8. The molecule has 1 atom stereocenters. The van der Waals surface area contributed by atoms with Crippen LogP contribution in [0.25, 0.3) is 0 Å². The van der Waals surface area contributed by atoms with Crippen LogP contribution in [0.2, 0.25) is 0 Å². The summed E-state index contributed by atoms with van der Waals surface area (Å²) in [6, 6.07) is 10.3. The molecule has 0 aliphatic rings. The number of benzene rings is 1. The molecule has 0 fully saturated rings. The van der Waals surface area contributed by atoms with Gasteiger partial charge in [0.25, 0.3) is 0 Å². The van der Waals surface area contributed by atoms with Gasteiger partial charge in [0.2, 0.25) is 0 Å². The second kappa shape index (κ2) is 9.68. The van der Waals surface area contributed by atoms with E-state index < -0.39 is 0 Å². The van der Waals surface area contributed by atoms with Gasteiger partial charge in [-0.15, -0.1) is 11.8 Å². The highest BCUT2D eigenvalue weighted by molar-refractivity contribution is 8.00. The van der Waals surface area contributed by atoms with E-state index in [4.69, 9.17) is 4.74 Å². The third-order valence-electron chi connectivity index (χ3n) is 2.61. The number of hydrogen-bond donors (Lipinski definition) is 0. The molecule has 1 aromatic rings. The van der Waals surface area contributed by atoms with Crippen LogP contribution in [0.4, 0.5) is 0 Å². The van der Waals surface area contributed by atoms with E-state index in [1.807, 2.05) is 31.2 Å². The van der Waals surface area contributed by atoms with Crippen LogP contribution in [0, 0.1) is 0 Å². The second-order valence-electron chi connectivity index (χ2n) is 4.22. The zero-order valence-electron chi connectivity index (χ0n) is 11.7. The zero-order chi connectivity index (χ0) is 13.9. The summed E-state index contributed by atoms with van der Waals surface area (Å²) < 4.78 is 4.91. The van der Waals surface area contributed by atoms with Crippen LogP contribution >= 0.6 is 11.8 Å². The first-order valence-electron chi connectivity index (χ1n) is 6.83. The molecule has 1 unspecified atom stereocenters. The Morgan fingerprint density at radius 2 is 2.05 bits per heavy atom. The summed E-state index contributed by atoms with van der Waals surface area (Å²) in [5.74, 6) is -0.252. The van der Waals surface area contributed by atoms with E-state index in [1.165, 1.54) is 11.3 Å². The second-order valence-corrected chi connectivity index (χ2v) is 5.54. The predicted molar refractivity (Wildman–Crippen MR) is 81.4 cm³/mol. The van der Waals surface area contributed by atoms with Crippen molar-refractivity contribution >= 4 is 17.7 Å². The highest BCUT2D eigenvalue weighted by Gasteiger charge is 2.07. The van der Waals surface area contributed by atoms with Gasteiger partial charge in [-0.05, 0) is 25.5 Å². The molecule has 0 spiro atoms. The normalized spacial score (nSPS) is 12.5. The third-order valence-corrected chi connectivity index (χ3v) is 3.85. The Kier molecular flexibility index (Phi) is 8.07. The average molecular weight is 278 g/mol. The van der Waals surface area contributed by atoms with Crippen LogP contribution in [-0.4, -0.2) is 17.8 Å². The topological polar surface area (TPSA) is 26.3 Å². The monoisotopic (exact) mass is 278 g/mol. The molecule has 0 aliphatic carbocycles. The minimum atomic E-state index is -0.252. The fourth-order valence-corrected chi connectivity index (χ4v) is 2.76. The lowest BCUT2D eigenvalue weighted by Crippen LogP contribution is -2.03. The van der Waals surface area contributed by atoms with Crippen LogP contribution in [0.1, 0.15) is 33.1 Å². The lowest BCUT2D eigenvalue weighted by molar-refractivity contribution is -0.137. The van der Waals surface area contributed by atoms with Gasteiger partial charge in [-0.1, -0.05) is 44.0 Å². The standard InChI is InChI=1S/C16H22O2S/c1-3-5-9-15(12-13-16(17)18-4-2)19-14-10-7-6-8-11-14/h6-8,10-13,15H,3-5,9H2,1-2H3/b13-12+. The highest BCUT2D eigenvalue weighted by atomic mass is 32.2. The Labute approximate surface area is 120 Å². The minimum absolute atomic E-state index is 0.252. The molecule has 0 aliphatic heterocycles. The Balaban J connectivity index is 2.58. The summed E-state index contributed by atoms with van der Waals surface area (Å²) in [7, 11) is 0. The maximum absolute atomic E-state index is 11.4. The number of unbranched alkanes of at least 4 members (excludes halogenated alkanes) is 1. The molecular formula is C16H22O2S. The van der Waals surface area contributed by atoms with E-state index in [-0.39, 0.29) is 5.97 Å². The smallest absolute Gasteiger partial charge is 0.330 e. The van der Waals surface area contributed by atoms with Crippen LogP contribution in [-0.2, 0) is 9.53 Å². The summed E-state index contributed by atoms with van der Waals surface area (Å²) in [4.78, 5) is 12.6. The van der Waals surface area contributed by atoms with E-state index in [2.05, 4.69) is 19.1 Å². The molecular weight excluding hydrogens is 256 g/mol. The molecule has 3 heteroatoms. The largest absolute Gasteiger partial charge is 0.463 e. The summed E-state index contributed by atoms with van der Waals surface area (Å²) in [5.41, 5.74) is 0. The Morgan fingerprint density at radius 1 is 1.32 bits per heavy atom. The van der Waals surface area contributed by atoms with E-state index in [1.54, 1.807) is 17.8 Å². The Bertz CT molecular complexity index is 387. The number of carbonyl (C=O) groups excluding carboxylic acids is 1. The van der Waals surface area contributed by atoms with Crippen molar-refractivity contribution in [2.75, 3.05) is 6.61 Å². The molecule has 0 amide bonds. The predicted octanol–water partition coefficient (Wildman–Crippen LogP) is 4.46. The molecule has 0 N–H and O–H groups in total. The number of ether oxygens (including phenoxy) is 1. The first-order chi connectivity index (χ1) is 9.26. The molecule has 0 heterocycles. The van der Waals surface area contributed by atoms with Crippen molar-refractivity contribution in [3.05, 3.63) is 42.5 Å². The van der Waals surface area contributed by atoms with Crippen molar-refractivity contribution in [3.8, 4) is 0 Å². The minimum Gasteiger partial charge on any atom is -0.463 e. The van der Waals surface area contributed by atoms with Gasteiger partial charge in [0.15, 0.2) is 0 Å². The fraction of sp³-hybridized carbons (Fsp3) is 0.438. The lowest BCUT2D eigenvalue weighted by atomic mass is 10.2. The fourth-order valence-electron chi connectivity index (χ4n) is 1.65. The van der Waals surface area contributed by atoms with Crippen molar-refractivity contribution in [2.24, 2.45) is 0 Å². The van der Waals surface area contributed by atoms with E-state index in [9.17, 15) is 4.79 Å². The number of hydrogen-bond acceptors (Lipinski definition) is 3. The van der Waals surface area contributed by atoms with Crippen molar-refractivity contribution < 1.29 is 9.53 Å². The van der Waals surface area contributed by atoms with Crippen molar-refractivity contribution in [1.82, 2.24) is 0 Å². The van der Waals surface area contributed by atoms with E-state index >= 15 is 0 Å². The van der Waals surface area contributed by atoms with Crippen molar-refractivity contribution in [3.63, 3.8) is 0 Å². The van der Waals surface area contributed by atoms with Crippen LogP contribution < -0.4 is 0 Å². The maximum Gasteiger partial charge on any atom is 0.330 e. The van der Waals surface area contributed by atoms with Crippen molar-refractivity contribution in [1.29, 1.82) is 0 Å². The van der Waals surface area contributed by atoms with Gasteiger partial charge in [-0.25, -0.2) is 4.79 Å². The number of carbonyl (C=O) groups is 1. The SMILES string of the molecule is CCCCC(/C=C/C(=O)OCC)Sc1ccccc1. The maximum atomic E-state index is 11.4. The highest BCUT2D eigenvalue weighted by Crippen LogP contribution is 2.27. The van der Waals surface area contributed by atoms with Gasteiger partial charge in [0.1, 0.15) is 0 Å². The quantitative estimate of drug-likeness (QED) is 0.399. The van der Waals surface area contributed by atoms with Gasteiger partial charge in [-0.2, -0.15) is 0 Å². The van der Waals surface area contributed by atoms with Crippen molar-refractivity contribution in [2.45, 2.75) is 43.3 Å². The molecule has 0 saturated heterocycles. The van der Waals surface area contributed by atoms with Crippen LogP contribution in [0.15, 0.2) is 47.4 Å². The Morgan fingerprint density at radius 3 is 2.68 bits per heavy atom. The third kappa shape index (κ3) is 7.06. The van der Waals surface area contributed by atoms with Gasteiger partial charge >= 0.3 is 5.97 Å². The summed E-state index contributed by atoms with van der Waals surface area (Å²) in [6.07, 6.45) is 6.92. The van der Waals surface area contributed by atoms with E-state index in [0.29, 0.717) is 11.9 Å². The molecule has 1 aromatic carbocycles. The van der Waals surface area contributed by atoms with Gasteiger partial charge < -0.3 is 4.74 Å². The van der Waals surface area contributed by atoms with Crippen LogP contribution in [0.5, 0.6) is 0 Å². The molecule has 1 rings (SSSR count). The molecule has 0 radical (unpaired) electrons. The lowest BCUT2D eigenvalue weighted by Gasteiger charge is -2.11. The molecule has 0 bridgehead atoms. The molecule has 0 saturated carbocycles. The average Bonchev–Trinajstić information content (AvgIpc) is 2.43.